The van der Waals surface area contributed by atoms with Gasteiger partial charge in [-0.3, -0.25) is 27.7 Å². The van der Waals surface area contributed by atoms with Gasteiger partial charge < -0.3 is 34.6 Å². The summed E-state index contributed by atoms with van der Waals surface area (Å²) in [5.74, 6) is -1.02. The van der Waals surface area contributed by atoms with E-state index in [1.165, 1.54) is 0 Å². The van der Waals surface area contributed by atoms with E-state index in [1.54, 1.807) is 0 Å². The molecule has 5 N–H and O–H groups in total. The second-order valence-electron chi connectivity index (χ2n) is 9.78. The molecule has 0 aliphatic heterocycles. The largest absolute Gasteiger partial charge is 0.472 e. The van der Waals surface area contributed by atoms with Crippen LogP contribution >= 0.6 is 15.6 Å². The molecule has 0 rings (SSSR count). The molecule has 0 aliphatic carbocycles. The van der Waals surface area contributed by atoms with Crippen LogP contribution in [0.25, 0.3) is 0 Å². The normalized spacial score (nSPS) is 16.6. The lowest BCUT2D eigenvalue weighted by Gasteiger charge is -2.19. The van der Waals surface area contributed by atoms with E-state index in [4.69, 9.17) is 9.47 Å². The Morgan fingerprint density at radius 2 is 0.810 bits per heavy atom. The van der Waals surface area contributed by atoms with Gasteiger partial charge in [0.2, 0.25) is 0 Å². The number of carbonyl (C=O) groups is 2. The van der Waals surface area contributed by atoms with Crippen LogP contribution in [0.15, 0.2) is 0 Å². The molecule has 0 amide bonds. The van der Waals surface area contributed by atoms with Crippen molar-refractivity contribution in [2.45, 2.75) is 109 Å². The fraction of sp³-hybridized carbons (Fsp3) is 0.920. The summed E-state index contributed by atoms with van der Waals surface area (Å²) in [5.41, 5.74) is 0. The topological polar surface area (TPSA) is 225 Å². The summed E-state index contributed by atoms with van der Waals surface area (Å²) < 4.78 is 51.9. The SMILES string of the molecule is CCCCCCCC(=O)OC[C@@H](O)COP(=O)(O)OCC(O)COP(=O)(O)OC[C@H](O)COC(=O)CCCCCCC. The van der Waals surface area contributed by atoms with Gasteiger partial charge in [-0.15, -0.1) is 0 Å². The van der Waals surface area contributed by atoms with Crippen molar-refractivity contribution in [1.82, 2.24) is 0 Å². The minimum Gasteiger partial charge on any atom is -0.463 e. The summed E-state index contributed by atoms with van der Waals surface area (Å²) in [7, 11) is -9.50. The second-order valence-corrected chi connectivity index (χ2v) is 12.7. The molecule has 250 valence electrons. The summed E-state index contributed by atoms with van der Waals surface area (Å²) in [5, 5.41) is 29.4. The molecule has 0 aromatic carbocycles. The van der Waals surface area contributed by atoms with E-state index in [1.807, 2.05) is 0 Å². The minimum atomic E-state index is -4.75. The van der Waals surface area contributed by atoms with Crippen LogP contribution in [0.3, 0.4) is 0 Å². The molecule has 17 heteroatoms. The zero-order valence-electron chi connectivity index (χ0n) is 24.7. The fourth-order valence-corrected chi connectivity index (χ4v) is 4.80. The van der Waals surface area contributed by atoms with Crippen molar-refractivity contribution >= 4 is 27.6 Å². The highest BCUT2D eigenvalue weighted by molar-refractivity contribution is 7.47. The number of carbonyl (C=O) groups excluding carboxylic acids is 2. The monoisotopic (exact) mass is 652 g/mol. The highest BCUT2D eigenvalue weighted by atomic mass is 31.2. The number of hydrogen-bond acceptors (Lipinski definition) is 13. The van der Waals surface area contributed by atoms with E-state index in [0.29, 0.717) is 12.8 Å². The van der Waals surface area contributed by atoms with Gasteiger partial charge in [0.25, 0.3) is 0 Å². The Hall–Kier alpha value is -0.960. The Bertz CT molecular complexity index is 749. The maximum absolute atomic E-state index is 11.9. The van der Waals surface area contributed by atoms with Crippen molar-refractivity contribution in [2.24, 2.45) is 0 Å². The first kappa shape index (κ1) is 41.0. The highest BCUT2D eigenvalue weighted by Gasteiger charge is 2.28. The molecule has 4 atom stereocenters. The van der Waals surface area contributed by atoms with Crippen molar-refractivity contribution < 1.29 is 71.4 Å². The molecule has 0 aromatic rings. The zero-order chi connectivity index (χ0) is 31.9. The van der Waals surface area contributed by atoms with Crippen LogP contribution in [-0.4, -0.2) is 95.0 Å². The molecule has 0 radical (unpaired) electrons. The zero-order valence-corrected chi connectivity index (χ0v) is 26.5. The van der Waals surface area contributed by atoms with Gasteiger partial charge in [0, 0.05) is 12.8 Å². The predicted octanol–water partition coefficient (Wildman–Crippen LogP) is 3.14. The maximum atomic E-state index is 11.9. The van der Waals surface area contributed by atoms with Crippen molar-refractivity contribution in [1.29, 1.82) is 0 Å². The van der Waals surface area contributed by atoms with Gasteiger partial charge in [-0.1, -0.05) is 65.2 Å². The molecule has 0 fully saturated rings. The molecule has 0 saturated heterocycles. The van der Waals surface area contributed by atoms with Gasteiger partial charge >= 0.3 is 27.6 Å². The first-order valence-electron chi connectivity index (χ1n) is 14.4. The Labute approximate surface area is 248 Å². The lowest BCUT2D eigenvalue weighted by molar-refractivity contribution is -0.148. The van der Waals surface area contributed by atoms with Crippen LogP contribution in [0.2, 0.25) is 0 Å². The standard InChI is InChI=1S/C25H50O15P2/c1-3-5-7-9-11-13-24(29)35-15-21(26)17-37-41(31,32)39-19-23(28)20-40-42(33,34)38-18-22(27)16-36-25(30)14-12-10-8-6-4-2/h21-23,26-28H,3-20H2,1-2H3,(H,31,32)(H,33,34)/t21-,22-/m1/s1. The molecule has 0 heterocycles. The van der Waals surface area contributed by atoms with Crippen LogP contribution in [0.5, 0.6) is 0 Å². The minimum absolute atomic E-state index is 0.194. The first-order valence-corrected chi connectivity index (χ1v) is 17.4. The number of phosphoric ester groups is 2. The third-order valence-electron chi connectivity index (χ3n) is 5.56. The Balaban J connectivity index is 4.10. The Kier molecular flexibility index (Phi) is 23.8. The van der Waals surface area contributed by atoms with Gasteiger partial charge in [-0.2, -0.15) is 0 Å². The molecule has 0 aromatic heterocycles. The number of unbranched alkanes of at least 4 members (excludes halogenated alkanes) is 8. The second kappa shape index (κ2) is 24.4. The third-order valence-corrected chi connectivity index (χ3v) is 7.46. The number of aliphatic hydroxyl groups excluding tert-OH is 3. The summed E-state index contributed by atoms with van der Waals surface area (Å²) >= 11 is 0. The molecule has 0 saturated carbocycles. The lowest BCUT2D eigenvalue weighted by Crippen LogP contribution is -2.25. The summed E-state index contributed by atoms with van der Waals surface area (Å²) in [6, 6.07) is 0. The van der Waals surface area contributed by atoms with Crippen molar-refractivity contribution in [2.75, 3.05) is 39.6 Å². The van der Waals surface area contributed by atoms with E-state index in [0.717, 1.165) is 51.4 Å². The van der Waals surface area contributed by atoms with Crippen molar-refractivity contribution in [3.05, 3.63) is 0 Å². The number of phosphoric acid groups is 2. The van der Waals surface area contributed by atoms with E-state index in [9.17, 15) is 43.8 Å². The van der Waals surface area contributed by atoms with Crippen LogP contribution in [0, 0.1) is 0 Å². The number of aliphatic hydroxyl groups is 3. The van der Waals surface area contributed by atoms with Crippen LogP contribution in [-0.2, 0) is 46.3 Å². The van der Waals surface area contributed by atoms with Gasteiger partial charge in [-0.25, -0.2) is 9.13 Å². The van der Waals surface area contributed by atoms with Crippen LogP contribution < -0.4 is 0 Å². The quantitative estimate of drug-likeness (QED) is 0.0465. The number of rotatable bonds is 28. The van der Waals surface area contributed by atoms with Crippen molar-refractivity contribution in [3.8, 4) is 0 Å². The molecule has 0 spiro atoms. The molecule has 0 bridgehead atoms. The Morgan fingerprint density at radius 1 is 0.524 bits per heavy atom. The van der Waals surface area contributed by atoms with Crippen LogP contribution in [0.1, 0.15) is 90.9 Å². The van der Waals surface area contributed by atoms with E-state index in [-0.39, 0.29) is 12.8 Å². The van der Waals surface area contributed by atoms with E-state index < -0.39 is 85.5 Å². The molecule has 15 nitrogen and oxygen atoms in total. The van der Waals surface area contributed by atoms with Gasteiger partial charge in [0.1, 0.15) is 31.5 Å². The maximum Gasteiger partial charge on any atom is 0.472 e. The average Bonchev–Trinajstić information content (AvgIpc) is 2.94. The van der Waals surface area contributed by atoms with E-state index >= 15 is 0 Å². The van der Waals surface area contributed by atoms with Gasteiger partial charge in [-0.05, 0) is 12.8 Å². The molecular formula is C25H50O15P2. The number of hydrogen-bond donors (Lipinski definition) is 5. The van der Waals surface area contributed by atoms with Crippen LogP contribution in [0.4, 0.5) is 0 Å². The predicted molar refractivity (Wildman–Crippen MR) is 150 cm³/mol. The molecule has 42 heavy (non-hydrogen) atoms. The fourth-order valence-electron chi connectivity index (χ4n) is 3.21. The highest BCUT2D eigenvalue weighted by Crippen LogP contribution is 2.45. The molecule has 2 unspecified atom stereocenters. The van der Waals surface area contributed by atoms with Gasteiger partial charge in [0.05, 0.1) is 26.4 Å². The first-order chi connectivity index (χ1) is 19.8. The third kappa shape index (κ3) is 25.5. The molecular weight excluding hydrogens is 602 g/mol. The smallest absolute Gasteiger partial charge is 0.463 e. The lowest BCUT2D eigenvalue weighted by atomic mass is 10.1. The van der Waals surface area contributed by atoms with Gasteiger partial charge in [0.15, 0.2) is 0 Å². The number of ether oxygens (including phenoxy) is 2. The van der Waals surface area contributed by atoms with E-state index in [2.05, 4.69) is 31.9 Å². The molecule has 0 aliphatic rings. The summed E-state index contributed by atoms with van der Waals surface area (Å²) in [6.45, 7) is 0.128. The summed E-state index contributed by atoms with van der Waals surface area (Å²) in [6.07, 6.45) is 5.38. The average molecular weight is 653 g/mol. The summed E-state index contributed by atoms with van der Waals surface area (Å²) in [4.78, 5) is 42.6. The van der Waals surface area contributed by atoms with Crippen molar-refractivity contribution in [3.63, 3.8) is 0 Å². The number of esters is 2. The Morgan fingerprint density at radius 3 is 1.12 bits per heavy atom.